The zero-order valence-electron chi connectivity index (χ0n) is 11.0. The van der Waals surface area contributed by atoms with Crippen molar-refractivity contribution in [3.63, 3.8) is 0 Å². The average Bonchev–Trinajstić information content (AvgIpc) is 2.35. The molecule has 1 aliphatic rings. The van der Waals surface area contributed by atoms with Gasteiger partial charge in [0.2, 0.25) is 0 Å². The molecule has 0 spiro atoms. The van der Waals surface area contributed by atoms with Crippen LogP contribution >= 0.6 is 15.9 Å². The molecule has 4 heteroatoms. The summed E-state index contributed by atoms with van der Waals surface area (Å²) in [5, 5.41) is 0. The molecule has 0 unspecified atom stereocenters. The number of halogens is 1. The van der Waals surface area contributed by atoms with Gasteiger partial charge in [-0.05, 0) is 44.7 Å². The monoisotopic (exact) mass is 313 g/mol. The number of nitrogens with two attached hydrogens (primary N) is 1. The molecule has 1 atom stereocenters. The van der Waals surface area contributed by atoms with Crippen LogP contribution in [0, 0.1) is 0 Å². The number of rotatable bonds is 4. The van der Waals surface area contributed by atoms with E-state index in [0.717, 1.165) is 40.8 Å². The maximum atomic E-state index is 6.25. The molecule has 0 saturated carbocycles. The van der Waals surface area contributed by atoms with Crippen molar-refractivity contribution < 1.29 is 9.47 Å². The van der Waals surface area contributed by atoms with Crippen molar-refractivity contribution in [1.82, 2.24) is 0 Å². The van der Waals surface area contributed by atoms with Gasteiger partial charge in [0.15, 0.2) is 11.5 Å². The summed E-state index contributed by atoms with van der Waals surface area (Å²) in [7, 11) is 0. The molecule has 1 aromatic rings. The van der Waals surface area contributed by atoms with Crippen molar-refractivity contribution in [2.24, 2.45) is 5.73 Å². The average molecular weight is 314 g/mol. The molecular weight excluding hydrogens is 294 g/mol. The number of hydrogen-bond acceptors (Lipinski definition) is 3. The normalized spacial score (nSPS) is 18.3. The van der Waals surface area contributed by atoms with Crippen LogP contribution in [0.5, 0.6) is 11.5 Å². The molecule has 0 saturated heterocycles. The summed E-state index contributed by atoms with van der Waals surface area (Å²) in [5.74, 6) is 1.63. The lowest BCUT2D eigenvalue weighted by molar-refractivity contribution is 0.281. The van der Waals surface area contributed by atoms with Gasteiger partial charge in [-0.3, -0.25) is 0 Å². The fraction of sp³-hybridized carbons (Fsp3) is 0.571. The van der Waals surface area contributed by atoms with Gasteiger partial charge in [0, 0.05) is 16.1 Å². The van der Waals surface area contributed by atoms with E-state index >= 15 is 0 Å². The van der Waals surface area contributed by atoms with Crippen molar-refractivity contribution in [2.45, 2.75) is 39.2 Å². The first kappa shape index (κ1) is 13.7. The van der Waals surface area contributed by atoms with Crippen LogP contribution < -0.4 is 15.2 Å². The molecule has 0 amide bonds. The fourth-order valence-corrected chi connectivity index (χ4v) is 3.13. The predicted molar refractivity (Wildman–Crippen MR) is 76.3 cm³/mol. The Kier molecular flexibility index (Phi) is 4.51. The van der Waals surface area contributed by atoms with E-state index < -0.39 is 0 Å². The first-order valence-corrected chi connectivity index (χ1v) is 7.34. The Morgan fingerprint density at radius 2 is 2.06 bits per heavy atom. The van der Waals surface area contributed by atoms with Crippen molar-refractivity contribution in [1.29, 1.82) is 0 Å². The Labute approximate surface area is 117 Å². The molecule has 0 bridgehead atoms. The van der Waals surface area contributed by atoms with Crippen molar-refractivity contribution in [2.75, 3.05) is 13.2 Å². The van der Waals surface area contributed by atoms with E-state index in [1.807, 2.05) is 19.9 Å². The van der Waals surface area contributed by atoms with Crippen LogP contribution in [0.3, 0.4) is 0 Å². The van der Waals surface area contributed by atoms with Gasteiger partial charge < -0.3 is 15.2 Å². The SMILES string of the molecule is CCOc1cc(Br)c2c(c1OCC)[C@@H](N)CCC2. The van der Waals surface area contributed by atoms with Gasteiger partial charge in [-0.25, -0.2) is 0 Å². The molecule has 0 aromatic heterocycles. The number of fused-ring (bicyclic) bond motifs is 1. The zero-order valence-corrected chi connectivity index (χ0v) is 12.5. The quantitative estimate of drug-likeness (QED) is 0.924. The standard InChI is InChI=1S/C14H20BrNO2/c1-3-17-12-8-10(15)9-6-5-7-11(16)13(9)14(12)18-4-2/h8,11H,3-7,16H2,1-2H3/t11-/m0/s1. The van der Waals surface area contributed by atoms with Crippen molar-refractivity contribution in [3.05, 3.63) is 21.7 Å². The van der Waals surface area contributed by atoms with Crippen LogP contribution in [0.4, 0.5) is 0 Å². The number of hydrogen-bond donors (Lipinski definition) is 1. The van der Waals surface area contributed by atoms with Gasteiger partial charge in [-0.2, -0.15) is 0 Å². The van der Waals surface area contributed by atoms with E-state index in [4.69, 9.17) is 15.2 Å². The van der Waals surface area contributed by atoms with Crippen LogP contribution in [0.15, 0.2) is 10.5 Å². The number of ether oxygens (including phenoxy) is 2. The third-order valence-corrected chi connectivity index (χ3v) is 3.95. The van der Waals surface area contributed by atoms with Gasteiger partial charge in [-0.15, -0.1) is 0 Å². The fourth-order valence-electron chi connectivity index (χ4n) is 2.51. The van der Waals surface area contributed by atoms with Gasteiger partial charge in [-0.1, -0.05) is 15.9 Å². The van der Waals surface area contributed by atoms with Gasteiger partial charge in [0.25, 0.3) is 0 Å². The van der Waals surface area contributed by atoms with E-state index in [1.165, 1.54) is 5.56 Å². The van der Waals surface area contributed by atoms with Gasteiger partial charge in [0.05, 0.1) is 13.2 Å². The van der Waals surface area contributed by atoms with Crippen LogP contribution in [-0.2, 0) is 6.42 Å². The first-order chi connectivity index (χ1) is 8.69. The minimum absolute atomic E-state index is 0.0482. The molecule has 0 heterocycles. The topological polar surface area (TPSA) is 44.5 Å². The minimum atomic E-state index is 0.0482. The molecule has 3 nitrogen and oxygen atoms in total. The zero-order chi connectivity index (χ0) is 13.1. The highest BCUT2D eigenvalue weighted by Gasteiger charge is 2.26. The van der Waals surface area contributed by atoms with E-state index in [2.05, 4.69) is 15.9 Å². The molecule has 18 heavy (non-hydrogen) atoms. The van der Waals surface area contributed by atoms with E-state index in [0.29, 0.717) is 13.2 Å². The third kappa shape index (κ3) is 2.50. The third-order valence-electron chi connectivity index (χ3n) is 3.24. The minimum Gasteiger partial charge on any atom is -0.490 e. The Morgan fingerprint density at radius 1 is 1.33 bits per heavy atom. The molecule has 1 aromatic carbocycles. The van der Waals surface area contributed by atoms with Crippen LogP contribution in [0.2, 0.25) is 0 Å². The Hall–Kier alpha value is -0.740. The first-order valence-electron chi connectivity index (χ1n) is 6.55. The second kappa shape index (κ2) is 5.93. The highest BCUT2D eigenvalue weighted by Crippen LogP contribution is 2.45. The lowest BCUT2D eigenvalue weighted by atomic mass is 9.87. The van der Waals surface area contributed by atoms with Gasteiger partial charge >= 0.3 is 0 Å². The molecule has 100 valence electrons. The van der Waals surface area contributed by atoms with Gasteiger partial charge in [0.1, 0.15) is 0 Å². The molecule has 0 aliphatic heterocycles. The van der Waals surface area contributed by atoms with Crippen molar-refractivity contribution >= 4 is 15.9 Å². The maximum Gasteiger partial charge on any atom is 0.166 e. The number of benzene rings is 1. The second-order valence-corrected chi connectivity index (χ2v) is 5.30. The summed E-state index contributed by atoms with van der Waals surface area (Å²) in [4.78, 5) is 0. The van der Waals surface area contributed by atoms with Crippen LogP contribution in [-0.4, -0.2) is 13.2 Å². The highest BCUT2D eigenvalue weighted by atomic mass is 79.9. The molecular formula is C14H20BrNO2. The largest absolute Gasteiger partial charge is 0.490 e. The lowest BCUT2D eigenvalue weighted by Crippen LogP contribution is -2.20. The molecule has 2 N–H and O–H groups in total. The Balaban J connectivity index is 2.56. The molecule has 2 rings (SSSR count). The molecule has 1 aliphatic carbocycles. The summed E-state index contributed by atoms with van der Waals surface area (Å²) < 4.78 is 12.5. The van der Waals surface area contributed by atoms with E-state index in [1.54, 1.807) is 0 Å². The van der Waals surface area contributed by atoms with E-state index in [-0.39, 0.29) is 6.04 Å². The summed E-state index contributed by atoms with van der Waals surface area (Å²) in [6, 6.07) is 2.05. The molecule has 0 radical (unpaired) electrons. The predicted octanol–water partition coefficient (Wildman–Crippen LogP) is 3.58. The Bertz CT molecular complexity index is 434. The Morgan fingerprint density at radius 3 is 2.72 bits per heavy atom. The van der Waals surface area contributed by atoms with Crippen LogP contribution in [0.25, 0.3) is 0 Å². The smallest absolute Gasteiger partial charge is 0.166 e. The summed E-state index contributed by atoms with van der Waals surface area (Å²) in [6.07, 6.45) is 3.19. The second-order valence-electron chi connectivity index (χ2n) is 4.44. The summed E-state index contributed by atoms with van der Waals surface area (Å²) in [6.45, 7) is 5.21. The highest BCUT2D eigenvalue weighted by molar-refractivity contribution is 9.10. The maximum absolute atomic E-state index is 6.25. The summed E-state index contributed by atoms with van der Waals surface area (Å²) in [5.41, 5.74) is 8.66. The van der Waals surface area contributed by atoms with E-state index in [9.17, 15) is 0 Å². The van der Waals surface area contributed by atoms with Crippen LogP contribution in [0.1, 0.15) is 43.9 Å². The van der Waals surface area contributed by atoms with Crippen molar-refractivity contribution in [3.8, 4) is 11.5 Å². The summed E-state index contributed by atoms with van der Waals surface area (Å²) >= 11 is 3.62. The lowest BCUT2D eigenvalue weighted by Gasteiger charge is -2.27. The molecule has 0 fully saturated rings.